The van der Waals surface area contributed by atoms with Crippen LogP contribution in [0.5, 0.6) is 0 Å². The number of aliphatic hydroxyl groups excluding tert-OH is 1. The standard InChI is InChI=1S/C15H17FN2O3/c1-2-21-10-11(19)9-18-15(20)8-7-14(17-18)12-5-3-4-6-13(12)16/h3-8,11,19H,2,9-10H2,1H3. The van der Waals surface area contributed by atoms with Crippen LogP contribution in [0.3, 0.4) is 0 Å². The van der Waals surface area contributed by atoms with Gasteiger partial charge in [-0.1, -0.05) is 12.1 Å². The van der Waals surface area contributed by atoms with Crippen LogP contribution in [0.15, 0.2) is 41.2 Å². The van der Waals surface area contributed by atoms with Crippen LogP contribution in [0.2, 0.25) is 0 Å². The maximum atomic E-state index is 13.7. The van der Waals surface area contributed by atoms with E-state index in [4.69, 9.17) is 4.74 Å². The van der Waals surface area contributed by atoms with E-state index in [1.807, 2.05) is 6.92 Å². The van der Waals surface area contributed by atoms with Crippen LogP contribution < -0.4 is 5.56 Å². The molecule has 0 saturated carbocycles. The van der Waals surface area contributed by atoms with Gasteiger partial charge in [-0.15, -0.1) is 0 Å². The third-order valence-corrected chi connectivity index (χ3v) is 2.91. The number of aromatic nitrogens is 2. The van der Waals surface area contributed by atoms with Gasteiger partial charge in [0.2, 0.25) is 0 Å². The molecule has 0 aliphatic rings. The summed E-state index contributed by atoms with van der Waals surface area (Å²) in [5.41, 5.74) is 0.299. The average Bonchev–Trinajstić information content (AvgIpc) is 2.48. The molecule has 1 aromatic carbocycles. The minimum atomic E-state index is -0.842. The van der Waals surface area contributed by atoms with Gasteiger partial charge in [-0.25, -0.2) is 9.07 Å². The highest BCUT2D eigenvalue weighted by molar-refractivity contribution is 5.58. The van der Waals surface area contributed by atoms with E-state index < -0.39 is 11.9 Å². The number of halogens is 1. The second-order valence-corrected chi connectivity index (χ2v) is 4.53. The minimum absolute atomic E-state index is 0.00112. The summed E-state index contributed by atoms with van der Waals surface area (Å²) in [7, 11) is 0. The van der Waals surface area contributed by atoms with Crippen molar-refractivity contribution in [3.05, 3.63) is 52.6 Å². The first-order valence-corrected chi connectivity index (χ1v) is 6.70. The fourth-order valence-electron chi connectivity index (χ4n) is 1.90. The van der Waals surface area contributed by atoms with Crippen LogP contribution >= 0.6 is 0 Å². The number of hydrogen-bond acceptors (Lipinski definition) is 4. The van der Waals surface area contributed by atoms with E-state index >= 15 is 0 Å². The summed E-state index contributed by atoms with van der Waals surface area (Å²) in [4.78, 5) is 11.8. The van der Waals surface area contributed by atoms with E-state index in [2.05, 4.69) is 5.10 Å². The first-order chi connectivity index (χ1) is 10.1. The predicted octanol–water partition coefficient (Wildman–Crippen LogP) is 1.45. The van der Waals surface area contributed by atoms with E-state index in [1.165, 1.54) is 18.2 Å². The summed E-state index contributed by atoms with van der Waals surface area (Å²) in [6, 6.07) is 8.97. The SMILES string of the molecule is CCOCC(O)Cn1nc(-c2ccccc2F)ccc1=O. The normalized spacial score (nSPS) is 12.3. The molecule has 1 heterocycles. The number of aliphatic hydroxyl groups is 1. The first kappa shape index (κ1) is 15.3. The Balaban J connectivity index is 2.26. The van der Waals surface area contributed by atoms with Crippen LogP contribution in [0.4, 0.5) is 4.39 Å². The zero-order chi connectivity index (χ0) is 15.2. The molecule has 5 nitrogen and oxygen atoms in total. The molecular weight excluding hydrogens is 275 g/mol. The molecule has 1 N–H and O–H groups in total. The third kappa shape index (κ3) is 3.96. The Labute approximate surface area is 121 Å². The van der Waals surface area contributed by atoms with Crippen molar-refractivity contribution < 1.29 is 14.2 Å². The summed E-state index contributed by atoms with van der Waals surface area (Å²) < 4.78 is 19.9. The second kappa shape index (κ2) is 7.10. The van der Waals surface area contributed by atoms with Gasteiger partial charge in [0.05, 0.1) is 24.9 Å². The average molecular weight is 292 g/mol. The first-order valence-electron chi connectivity index (χ1n) is 6.70. The topological polar surface area (TPSA) is 64.3 Å². The predicted molar refractivity (Wildman–Crippen MR) is 76.4 cm³/mol. The summed E-state index contributed by atoms with van der Waals surface area (Å²) in [6.07, 6.45) is -0.842. The summed E-state index contributed by atoms with van der Waals surface area (Å²) in [6.45, 7) is 2.42. The van der Waals surface area contributed by atoms with Crippen LogP contribution in [0, 0.1) is 5.82 Å². The molecule has 1 atom stereocenters. The third-order valence-electron chi connectivity index (χ3n) is 2.91. The zero-order valence-electron chi connectivity index (χ0n) is 11.7. The molecule has 0 radical (unpaired) electrons. The van der Waals surface area contributed by atoms with Crippen LogP contribution in [0.1, 0.15) is 6.92 Å². The van der Waals surface area contributed by atoms with Gasteiger partial charge >= 0.3 is 0 Å². The molecular formula is C15H17FN2O3. The molecule has 0 saturated heterocycles. The molecule has 0 bridgehead atoms. The molecule has 0 fully saturated rings. The highest BCUT2D eigenvalue weighted by atomic mass is 19.1. The largest absolute Gasteiger partial charge is 0.389 e. The van der Waals surface area contributed by atoms with Gasteiger partial charge in [-0.3, -0.25) is 4.79 Å². The Morgan fingerprint density at radius 3 is 2.81 bits per heavy atom. The molecule has 2 aromatic rings. The molecule has 6 heteroatoms. The maximum Gasteiger partial charge on any atom is 0.266 e. The van der Waals surface area contributed by atoms with E-state index in [1.54, 1.807) is 18.2 Å². The van der Waals surface area contributed by atoms with Crippen molar-refractivity contribution in [2.75, 3.05) is 13.2 Å². The van der Waals surface area contributed by atoms with Crippen LogP contribution in [-0.2, 0) is 11.3 Å². The highest BCUT2D eigenvalue weighted by Crippen LogP contribution is 2.18. The molecule has 0 spiro atoms. The van der Waals surface area contributed by atoms with Gasteiger partial charge in [0, 0.05) is 18.2 Å². The highest BCUT2D eigenvalue weighted by Gasteiger charge is 2.11. The van der Waals surface area contributed by atoms with Crippen molar-refractivity contribution >= 4 is 0 Å². The lowest BCUT2D eigenvalue weighted by atomic mass is 10.1. The minimum Gasteiger partial charge on any atom is -0.389 e. The number of rotatable bonds is 6. The Kier molecular flexibility index (Phi) is 5.19. The fraction of sp³-hybridized carbons (Fsp3) is 0.333. The molecule has 1 unspecified atom stereocenters. The Morgan fingerprint density at radius 2 is 2.10 bits per heavy atom. The van der Waals surface area contributed by atoms with E-state index in [9.17, 15) is 14.3 Å². The number of benzene rings is 1. The lowest BCUT2D eigenvalue weighted by molar-refractivity contribution is 0.0309. The van der Waals surface area contributed by atoms with Gasteiger partial charge in [-0.2, -0.15) is 5.10 Å². The summed E-state index contributed by atoms with van der Waals surface area (Å²) >= 11 is 0. The lowest BCUT2D eigenvalue weighted by Crippen LogP contribution is -2.31. The Hall–Kier alpha value is -2.05. The van der Waals surface area contributed by atoms with Gasteiger partial charge in [0.1, 0.15) is 5.82 Å². The van der Waals surface area contributed by atoms with E-state index in [0.29, 0.717) is 17.9 Å². The Bertz CT molecular complexity index is 657. The molecule has 112 valence electrons. The zero-order valence-corrected chi connectivity index (χ0v) is 11.7. The van der Waals surface area contributed by atoms with Crippen molar-refractivity contribution in [3.63, 3.8) is 0 Å². The van der Waals surface area contributed by atoms with Crippen molar-refractivity contribution in [3.8, 4) is 11.3 Å². The van der Waals surface area contributed by atoms with Crippen LogP contribution in [0.25, 0.3) is 11.3 Å². The fourth-order valence-corrected chi connectivity index (χ4v) is 1.90. The molecule has 1 aromatic heterocycles. The van der Waals surface area contributed by atoms with Crippen molar-refractivity contribution in [2.45, 2.75) is 19.6 Å². The number of hydrogen-bond donors (Lipinski definition) is 1. The van der Waals surface area contributed by atoms with Gasteiger partial charge < -0.3 is 9.84 Å². The van der Waals surface area contributed by atoms with Gasteiger partial charge in [-0.05, 0) is 25.1 Å². The summed E-state index contributed by atoms with van der Waals surface area (Å²) in [5, 5.41) is 13.9. The molecule has 0 aliphatic heterocycles. The molecule has 0 aliphatic carbocycles. The summed E-state index contributed by atoms with van der Waals surface area (Å²) in [5.74, 6) is -0.412. The quantitative estimate of drug-likeness (QED) is 0.875. The van der Waals surface area contributed by atoms with Gasteiger partial charge in [0.25, 0.3) is 5.56 Å². The Morgan fingerprint density at radius 1 is 1.33 bits per heavy atom. The second-order valence-electron chi connectivity index (χ2n) is 4.53. The van der Waals surface area contributed by atoms with Crippen molar-refractivity contribution in [1.29, 1.82) is 0 Å². The monoisotopic (exact) mass is 292 g/mol. The van der Waals surface area contributed by atoms with Crippen molar-refractivity contribution in [2.24, 2.45) is 0 Å². The number of ether oxygens (including phenoxy) is 1. The molecule has 0 amide bonds. The maximum absolute atomic E-state index is 13.7. The van der Waals surface area contributed by atoms with Crippen LogP contribution in [-0.4, -0.2) is 34.2 Å². The smallest absolute Gasteiger partial charge is 0.266 e. The van der Waals surface area contributed by atoms with Crippen molar-refractivity contribution in [1.82, 2.24) is 9.78 Å². The molecule has 2 rings (SSSR count). The lowest BCUT2D eigenvalue weighted by Gasteiger charge is -2.12. The van der Waals surface area contributed by atoms with E-state index in [0.717, 1.165) is 4.68 Å². The van der Waals surface area contributed by atoms with E-state index in [-0.39, 0.29) is 18.7 Å². The van der Waals surface area contributed by atoms with Gasteiger partial charge in [0.15, 0.2) is 0 Å². The molecule has 21 heavy (non-hydrogen) atoms. The number of nitrogens with zero attached hydrogens (tertiary/aromatic N) is 2.